The molecule has 8 nitrogen and oxygen atoms in total. The number of sulfone groups is 1. The Morgan fingerprint density at radius 2 is 1.53 bits per heavy atom. The smallest absolute Gasteiger partial charge is 0.417 e. The third-order valence-electron chi connectivity index (χ3n) is 5.38. The van der Waals surface area contributed by atoms with Crippen LogP contribution in [0.15, 0.2) is 63.2 Å². The maximum atomic E-state index is 13.9. The van der Waals surface area contributed by atoms with E-state index in [-0.39, 0.29) is 30.8 Å². The van der Waals surface area contributed by atoms with Crippen molar-refractivity contribution in [3.8, 4) is 0 Å². The first kappa shape index (κ1) is 27.9. The third kappa shape index (κ3) is 6.56. The first-order valence-electron chi connectivity index (χ1n) is 11.0. The molecule has 1 aliphatic heterocycles. The highest BCUT2D eigenvalue weighted by Gasteiger charge is 2.39. The number of amides is 1. The van der Waals surface area contributed by atoms with Crippen LogP contribution < -0.4 is 4.72 Å². The van der Waals surface area contributed by atoms with Gasteiger partial charge in [-0.3, -0.25) is 0 Å². The Balaban J connectivity index is 1.83. The number of nitrogens with zero attached hydrogens (tertiary/aromatic N) is 1. The topological polar surface area (TPSA) is 110 Å². The number of benzene rings is 2. The molecule has 2 aromatic rings. The van der Waals surface area contributed by atoms with Gasteiger partial charge in [0.25, 0.3) is 0 Å². The van der Waals surface area contributed by atoms with Crippen molar-refractivity contribution in [3.63, 3.8) is 0 Å². The van der Waals surface area contributed by atoms with Crippen LogP contribution in [0.25, 0.3) is 0 Å². The van der Waals surface area contributed by atoms with E-state index in [1.807, 2.05) is 0 Å². The van der Waals surface area contributed by atoms with E-state index in [2.05, 4.69) is 4.72 Å². The van der Waals surface area contributed by atoms with Gasteiger partial charge in [-0.25, -0.2) is 26.4 Å². The van der Waals surface area contributed by atoms with E-state index < -0.39 is 59.1 Å². The highest BCUT2D eigenvalue weighted by atomic mass is 32.2. The molecule has 198 valence electrons. The SMILES string of the molecule is CC(C)(C)OC(=O)N1CCC(NS(=O)(=O)c2ccc(S(=O)(=O)c3ccccc3)cc2C(F)(F)F)CC1. The van der Waals surface area contributed by atoms with Crippen molar-refractivity contribution in [2.45, 2.75) is 66.1 Å². The summed E-state index contributed by atoms with van der Waals surface area (Å²) in [5.74, 6) is 0. The minimum atomic E-state index is -5.13. The molecule has 1 heterocycles. The van der Waals surface area contributed by atoms with Crippen molar-refractivity contribution in [2.24, 2.45) is 0 Å². The molecule has 1 aliphatic rings. The molecule has 1 N–H and O–H groups in total. The van der Waals surface area contributed by atoms with E-state index in [9.17, 15) is 34.8 Å². The summed E-state index contributed by atoms with van der Waals surface area (Å²) in [6.07, 6.45) is -5.36. The van der Waals surface area contributed by atoms with Gasteiger partial charge in [0.1, 0.15) is 5.60 Å². The van der Waals surface area contributed by atoms with Gasteiger partial charge in [-0.05, 0) is 63.9 Å². The van der Waals surface area contributed by atoms with Crippen LogP contribution >= 0.6 is 0 Å². The molecule has 1 fully saturated rings. The number of rotatable bonds is 5. The van der Waals surface area contributed by atoms with Crippen molar-refractivity contribution in [1.29, 1.82) is 0 Å². The summed E-state index contributed by atoms with van der Waals surface area (Å²) in [5.41, 5.74) is -2.29. The first-order valence-corrected chi connectivity index (χ1v) is 14.0. The maximum absolute atomic E-state index is 13.9. The van der Waals surface area contributed by atoms with Crippen LogP contribution in [0.1, 0.15) is 39.2 Å². The molecule has 2 aromatic carbocycles. The summed E-state index contributed by atoms with van der Waals surface area (Å²) < 4.78 is 101. The number of hydrogen-bond acceptors (Lipinski definition) is 6. The molecule has 1 saturated heterocycles. The van der Waals surface area contributed by atoms with E-state index in [1.54, 1.807) is 26.8 Å². The van der Waals surface area contributed by atoms with Crippen molar-refractivity contribution in [2.75, 3.05) is 13.1 Å². The van der Waals surface area contributed by atoms with Crippen LogP contribution in [-0.2, 0) is 30.8 Å². The molecule has 0 atom stereocenters. The Morgan fingerprint density at radius 3 is 2.06 bits per heavy atom. The zero-order chi connectivity index (χ0) is 26.9. The van der Waals surface area contributed by atoms with Gasteiger partial charge in [-0.15, -0.1) is 0 Å². The van der Waals surface area contributed by atoms with Crippen LogP contribution in [0, 0.1) is 0 Å². The fraction of sp³-hybridized carbons (Fsp3) is 0.435. The second-order valence-electron chi connectivity index (χ2n) is 9.34. The lowest BCUT2D eigenvalue weighted by Crippen LogP contribution is -2.47. The minimum Gasteiger partial charge on any atom is -0.444 e. The largest absolute Gasteiger partial charge is 0.444 e. The normalized spacial score (nSPS) is 16.1. The predicted octanol–water partition coefficient (Wildman–Crippen LogP) is 4.22. The van der Waals surface area contributed by atoms with Crippen molar-refractivity contribution in [1.82, 2.24) is 9.62 Å². The summed E-state index contributed by atoms with van der Waals surface area (Å²) in [7, 11) is -8.97. The van der Waals surface area contributed by atoms with Crippen LogP contribution in [0.4, 0.5) is 18.0 Å². The predicted molar refractivity (Wildman–Crippen MR) is 124 cm³/mol. The Bertz CT molecular complexity index is 1310. The van der Waals surface area contributed by atoms with Gasteiger partial charge in [0.05, 0.1) is 20.2 Å². The van der Waals surface area contributed by atoms with E-state index in [1.165, 1.54) is 29.2 Å². The highest BCUT2D eigenvalue weighted by molar-refractivity contribution is 7.91. The molecule has 0 aliphatic carbocycles. The lowest BCUT2D eigenvalue weighted by molar-refractivity contribution is -0.140. The van der Waals surface area contributed by atoms with Gasteiger partial charge >= 0.3 is 12.3 Å². The Hall–Kier alpha value is -2.64. The number of alkyl halides is 3. The Labute approximate surface area is 208 Å². The van der Waals surface area contributed by atoms with E-state index >= 15 is 0 Å². The van der Waals surface area contributed by atoms with E-state index in [0.29, 0.717) is 12.1 Å². The van der Waals surface area contributed by atoms with Crippen molar-refractivity contribution >= 4 is 26.0 Å². The summed E-state index contributed by atoms with van der Waals surface area (Å²) in [6, 6.07) is 7.98. The number of halogens is 3. The Morgan fingerprint density at radius 1 is 0.944 bits per heavy atom. The number of carbonyl (C=O) groups excluding carboxylic acids is 1. The zero-order valence-electron chi connectivity index (χ0n) is 19.9. The summed E-state index contributed by atoms with van der Waals surface area (Å²) in [5, 5.41) is 0. The molecule has 0 saturated carbocycles. The zero-order valence-corrected chi connectivity index (χ0v) is 21.5. The number of likely N-dealkylation sites (tertiary alicyclic amines) is 1. The number of nitrogens with one attached hydrogen (secondary N) is 1. The summed E-state index contributed by atoms with van der Waals surface area (Å²) in [6.45, 7) is 5.44. The molecule has 0 aromatic heterocycles. The van der Waals surface area contributed by atoms with Gasteiger partial charge in [-0.1, -0.05) is 18.2 Å². The van der Waals surface area contributed by atoms with Crippen LogP contribution in [0.5, 0.6) is 0 Å². The van der Waals surface area contributed by atoms with Crippen molar-refractivity contribution < 1.29 is 39.5 Å². The summed E-state index contributed by atoms with van der Waals surface area (Å²) >= 11 is 0. The lowest BCUT2D eigenvalue weighted by Gasteiger charge is -2.33. The second-order valence-corrected chi connectivity index (χ2v) is 13.0. The highest BCUT2D eigenvalue weighted by Crippen LogP contribution is 2.37. The molecular formula is C23H27F3N2O6S2. The number of carbonyl (C=O) groups is 1. The first-order chi connectivity index (χ1) is 16.5. The molecule has 3 rings (SSSR count). The molecule has 36 heavy (non-hydrogen) atoms. The summed E-state index contributed by atoms with van der Waals surface area (Å²) in [4.78, 5) is 11.6. The second kappa shape index (κ2) is 10.0. The van der Waals surface area contributed by atoms with Gasteiger partial charge < -0.3 is 9.64 Å². The molecule has 0 spiro atoms. The van der Waals surface area contributed by atoms with Gasteiger partial charge in [0.2, 0.25) is 19.9 Å². The quantitative estimate of drug-likeness (QED) is 0.599. The third-order valence-corrected chi connectivity index (χ3v) is 8.72. The number of piperidine rings is 1. The minimum absolute atomic E-state index is 0.155. The van der Waals surface area contributed by atoms with Crippen LogP contribution in [0.3, 0.4) is 0 Å². The van der Waals surface area contributed by atoms with E-state index in [4.69, 9.17) is 4.74 Å². The molecule has 0 radical (unpaired) electrons. The van der Waals surface area contributed by atoms with Gasteiger partial charge in [0.15, 0.2) is 0 Å². The molecule has 0 bridgehead atoms. The fourth-order valence-corrected chi connectivity index (χ4v) is 6.48. The number of sulfonamides is 1. The van der Waals surface area contributed by atoms with Crippen LogP contribution in [0.2, 0.25) is 0 Å². The van der Waals surface area contributed by atoms with Gasteiger partial charge in [0, 0.05) is 19.1 Å². The number of hydrogen-bond donors (Lipinski definition) is 1. The monoisotopic (exact) mass is 548 g/mol. The fourth-order valence-electron chi connectivity index (χ4n) is 3.66. The molecule has 13 heteroatoms. The molecule has 0 unspecified atom stereocenters. The standard InChI is InChI=1S/C23H27F3N2O6S2/c1-22(2,3)34-21(29)28-13-11-16(12-14-28)27-36(32,33)20-10-9-18(15-19(20)23(24,25)26)35(30,31)17-7-5-4-6-8-17/h4-10,15-16,27H,11-14H2,1-3H3. The Kier molecular flexibility index (Phi) is 7.78. The number of ether oxygens (including phenoxy) is 1. The van der Waals surface area contributed by atoms with E-state index in [0.717, 1.165) is 6.07 Å². The van der Waals surface area contributed by atoms with Crippen molar-refractivity contribution in [3.05, 3.63) is 54.1 Å². The van der Waals surface area contributed by atoms with Gasteiger partial charge in [-0.2, -0.15) is 13.2 Å². The maximum Gasteiger partial charge on any atom is 0.417 e. The lowest BCUT2D eigenvalue weighted by atomic mass is 10.1. The average molecular weight is 549 g/mol. The molecular weight excluding hydrogens is 521 g/mol. The average Bonchev–Trinajstić information content (AvgIpc) is 2.78. The van der Waals surface area contributed by atoms with Crippen LogP contribution in [-0.4, -0.2) is 52.6 Å². The molecule has 1 amide bonds.